The molecule has 230 valence electrons. The molecule has 1 fully saturated rings. The summed E-state index contributed by atoms with van der Waals surface area (Å²) in [6, 6.07) is 30.0. The van der Waals surface area contributed by atoms with E-state index in [0.29, 0.717) is 18.9 Å². The maximum absolute atomic E-state index is 13.3. The molecular formula is C37H42IN3O3. The van der Waals surface area contributed by atoms with Crippen LogP contribution in [-0.2, 0) is 19.7 Å². The number of halogens is 1. The average molecular weight is 704 g/mol. The summed E-state index contributed by atoms with van der Waals surface area (Å²) >= 11 is 2.28. The van der Waals surface area contributed by atoms with E-state index in [0.717, 1.165) is 65.8 Å². The van der Waals surface area contributed by atoms with Crippen molar-refractivity contribution in [1.82, 2.24) is 9.80 Å². The Kier molecular flexibility index (Phi) is 10.7. The summed E-state index contributed by atoms with van der Waals surface area (Å²) in [5, 5.41) is 0. The molecule has 0 saturated carbocycles. The Morgan fingerprint density at radius 2 is 1.57 bits per heavy atom. The molecule has 0 aliphatic carbocycles. The molecule has 2 atom stereocenters. The summed E-state index contributed by atoms with van der Waals surface area (Å²) in [6.45, 7) is 9.37. The van der Waals surface area contributed by atoms with Gasteiger partial charge in [-0.25, -0.2) is 0 Å². The fourth-order valence-corrected chi connectivity index (χ4v) is 7.43. The van der Waals surface area contributed by atoms with Crippen LogP contribution in [0.4, 0.5) is 0 Å². The van der Waals surface area contributed by atoms with Gasteiger partial charge >= 0.3 is 5.97 Å². The first-order chi connectivity index (χ1) is 21.4. The number of hydrogen-bond acceptors (Lipinski definition) is 5. The molecule has 7 heteroatoms. The van der Waals surface area contributed by atoms with Crippen molar-refractivity contribution in [3.63, 3.8) is 0 Å². The quantitative estimate of drug-likeness (QED) is 0.121. The third kappa shape index (κ3) is 6.84. The number of benzene rings is 3. The summed E-state index contributed by atoms with van der Waals surface area (Å²) in [5.74, 6) is -1.23. The lowest BCUT2D eigenvalue weighted by Crippen LogP contribution is -2.44. The van der Waals surface area contributed by atoms with Crippen LogP contribution in [0.25, 0.3) is 0 Å². The van der Waals surface area contributed by atoms with Gasteiger partial charge in [0.25, 0.3) is 0 Å². The molecule has 3 aromatic rings. The Morgan fingerprint density at radius 3 is 2.11 bits per heavy atom. The largest absolute Gasteiger partial charge is 0.465 e. The first-order valence-electron chi connectivity index (χ1n) is 15.6. The number of aliphatic imine (C=N–C) groups is 1. The zero-order chi connectivity index (χ0) is 31.1. The SMILES string of the molecule is CCOC(=O)C1C(C)=NC(C)=C(N(C=O)CCCN2CCC(c3ccccc3)(c3ccccc3)CC2)C1c1ccc(I)cc1. The number of likely N-dealkylation sites (tertiary alicyclic amines) is 1. The monoisotopic (exact) mass is 703 g/mol. The van der Waals surface area contributed by atoms with Gasteiger partial charge in [-0.15, -0.1) is 0 Å². The van der Waals surface area contributed by atoms with Crippen LogP contribution in [0.2, 0.25) is 0 Å². The molecular weight excluding hydrogens is 661 g/mol. The van der Waals surface area contributed by atoms with Crippen LogP contribution in [0.5, 0.6) is 0 Å². The van der Waals surface area contributed by atoms with Crippen LogP contribution in [0, 0.1) is 9.49 Å². The molecule has 1 amide bonds. The Labute approximate surface area is 275 Å². The lowest BCUT2D eigenvalue weighted by molar-refractivity contribution is -0.146. The third-order valence-corrected chi connectivity index (χ3v) is 9.95. The minimum Gasteiger partial charge on any atom is -0.465 e. The van der Waals surface area contributed by atoms with Crippen molar-refractivity contribution in [2.24, 2.45) is 10.9 Å². The molecule has 0 N–H and O–H groups in total. The highest BCUT2D eigenvalue weighted by atomic mass is 127. The van der Waals surface area contributed by atoms with Crippen molar-refractivity contribution in [2.45, 2.75) is 51.4 Å². The van der Waals surface area contributed by atoms with Crippen molar-refractivity contribution in [3.8, 4) is 0 Å². The van der Waals surface area contributed by atoms with Gasteiger partial charge in [0, 0.05) is 27.2 Å². The van der Waals surface area contributed by atoms with Crippen molar-refractivity contribution in [1.29, 1.82) is 0 Å². The Balaban J connectivity index is 1.31. The molecule has 0 aromatic heterocycles. The van der Waals surface area contributed by atoms with E-state index in [9.17, 15) is 9.59 Å². The van der Waals surface area contributed by atoms with Gasteiger partial charge in [-0.2, -0.15) is 0 Å². The fourth-order valence-electron chi connectivity index (χ4n) is 7.07. The molecule has 2 unspecified atom stereocenters. The molecule has 2 aliphatic heterocycles. The van der Waals surface area contributed by atoms with Gasteiger partial charge in [0.15, 0.2) is 0 Å². The molecule has 1 saturated heterocycles. The van der Waals surface area contributed by atoms with E-state index in [1.165, 1.54) is 11.1 Å². The summed E-state index contributed by atoms with van der Waals surface area (Å²) in [6.07, 6.45) is 3.83. The first-order valence-corrected chi connectivity index (χ1v) is 16.7. The average Bonchev–Trinajstić information content (AvgIpc) is 3.05. The van der Waals surface area contributed by atoms with Crippen LogP contribution in [0.1, 0.15) is 62.6 Å². The number of hydrogen-bond donors (Lipinski definition) is 0. The predicted octanol–water partition coefficient (Wildman–Crippen LogP) is 7.19. The summed E-state index contributed by atoms with van der Waals surface area (Å²) in [7, 11) is 0. The van der Waals surface area contributed by atoms with E-state index in [-0.39, 0.29) is 17.3 Å². The number of rotatable bonds is 11. The second-order valence-corrected chi connectivity index (χ2v) is 13.0. The standard InChI is InChI=1S/C37H42IN3O3/c1-4-44-36(43)33-27(2)39-28(3)35(34(33)29-16-18-32(38)19-17-29)41(26-42)23-11-22-40-24-20-37(21-25-40,30-12-7-5-8-13-30)31-14-9-6-10-15-31/h5-10,12-19,26,33-34H,4,11,20-25H2,1-3H3. The van der Waals surface area contributed by atoms with E-state index in [4.69, 9.17) is 9.73 Å². The Hall–Kier alpha value is -3.30. The minimum atomic E-state index is -0.581. The maximum atomic E-state index is 13.3. The smallest absolute Gasteiger partial charge is 0.315 e. The van der Waals surface area contributed by atoms with E-state index >= 15 is 0 Å². The molecule has 44 heavy (non-hydrogen) atoms. The Bertz CT molecular complexity index is 1440. The molecule has 6 nitrogen and oxygen atoms in total. The highest BCUT2D eigenvalue weighted by molar-refractivity contribution is 14.1. The third-order valence-electron chi connectivity index (χ3n) is 9.23. The Morgan fingerprint density at radius 1 is 0.977 bits per heavy atom. The van der Waals surface area contributed by atoms with Gasteiger partial charge < -0.3 is 14.5 Å². The first kappa shape index (κ1) is 32.1. The van der Waals surface area contributed by atoms with Gasteiger partial charge in [0.2, 0.25) is 6.41 Å². The van der Waals surface area contributed by atoms with Gasteiger partial charge in [0.1, 0.15) is 5.92 Å². The number of allylic oxidation sites excluding steroid dienone is 2. The van der Waals surface area contributed by atoms with Gasteiger partial charge in [-0.3, -0.25) is 14.6 Å². The van der Waals surface area contributed by atoms with Gasteiger partial charge in [0.05, 0.1) is 18.0 Å². The lowest BCUT2D eigenvalue weighted by atomic mass is 9.68. The molecule has 2 heterocycles. The van der Waals surface area contributed by atoms with Gasteiger partial charge in [-0.05, 0) is 111 Å². The van der Waals surface area contributed by atoms with Crippen LogP contribution in [-0.4, -0.2) is 60.7 Å². The fraction of sp³-hybridized carbons (Fsp3) is 0.378. The zero-order valence-electron chi connectivity index (χ0n) is 25.9. The highest BCUT2D eigenvalue weighted by Crippen LogP contribution is 2.43. The van der Waals surface area contributed by atoms with E-state index in [1.54, 1.807) is 4.90 Å². The normalized spacial score (nSPS) is 20.1. The number of esters is 1. The molecule has 3 aromatic carbocycles. The summed E-state index contributed by atoms with van der Waals surface area (Å²) in [5.41, 5.74) is 6.03. The molecule has 0 bridgehead atoms. The van der Waals surface area contributed by atoms with Crippen molar-refractivity contribution in [3.05, 3.63) is 117 Å². The van der Waals surface area contributed by atoms with Crippen LogP contribution >= 0.6 is 22.6 Å². The van der Waals surface area contributed by atoms with Crippen molar-refractivity contribution >= 4 is 40.7 Å². The second-order valence-electron chi connectivity index (χ2n) is 11.8. The summed E-state index contributed by atoms with van der Waals surface area (Å²) in [4.78, 5) is 35.0. The highest BCUT2D eigenvalue weighted by Gasteiger charge is 2.41. The van der Waals surface area contributed by atoms with E-state index in [1.807, 2.05) is 45.0 Å². The van der Waals surface area contributed by atoms with Crippen LogP contribution in [0.3, 0.4) is 0 Å². The number of amides is 1. The number of ether oxygens (including phenoxy) is 1. The zero-order valence-corrected chi connectivity index (χ0v) is 28.1. The predicted molar refractivity (Wildman–Crippen MR) is 185 cm³/mol. The number of nitrogens with zero attached hydrogens (tertiary/aromatic N) is 3. The minimum absolute atomic E-state index is 0.0105. The summed E-state index contributed by atoms with van der Waals surface area (Å²) < 4.78 is 6.62. The number of carbonyl (C=O) groups is 2. The van der Waals surface area contributed by atoms with Gasteiger partial charge in [-0.1, -0.05) is 72.8 Å². The lowest BCUT2D eigenvalue weighted by Gasteiger charge is -2.43. The number of piperidine rings is 1. The molecule has 0 spiro atoms. The molecule has 0 radical (unpaired) electrons. The topological polar surface area (TPSA) is 62.2 Å². The molecule has 2 aliphatic rings. The maximum Gasteiger partial charge on any atom is 0.315 e. The van der Waals surface area contributed by atoms with Crippen molar-refractivity contribution < 1.29 is 14.3 Å². The van der Waals surface area contributed by atoms with Crippen LogP contribution in [0.15, 0.2) is 101 Å². The van der Waals surface area contributed by atoms with E-state index < -0.39 is 5.92 Å². The van der Waals surface area contributed by atoms with Crippen LogP contribution < -0.4 is 0 Å². The number of carbonyl (C=O) groups excluding carboxylic acids is 2. The second kappa shape index (κ2) is 14.7. The molecule has 5 rings (SSSR count). The van der Waals surface area contributed by atoms with E-state index in [2.05, 4.69) is 88.2 Å². The van der Waals surface area contributed by atoms with Crippen molar-refractivity contribution in [2.75, 3.05) is 32.8 Å².